The molecule has 0 spiro atoms. The number of carbonyl (C=O) groups excluding carboxylic acids is 1. The van der Waals surface area contributed by atoms with E-state index in [1.807, 2.05) is 6.08 Å². The lowest BCUT2D eigenvalue weighted by Gasteiger charge is -2.39. The third-order valence-electron chi connectivity index (χ3n) is 4.32. The van der Waals surface area contributed by atoms with Crippen molar-refractivity contribution in [1.82, 2.24) is 0 Å². The van der Waals surface area contributed by atoms with E-state index in [-0.39, 0.29) is 11.4 Å². The van der Waals surface area contributed by atoms with Gasteiger partial charge in [-0.05, 0) is 32.6 Å². The standard InChI is InChI=1S/C14H22O4/c1-4-6-13-7-5-8-14(13,17-10-9-13)18-11(2)12(15)16-3/h4,11H,1,5-10H2,2-3H3/t11?,13-,14?/m1/s1. The summed E-state index contributed by atoms with van der Waals surface area (Å²) in [6, 6.07) is 0. The maximum atomic E-state index is 11.5. The highest BCUT2D eigenvalue weighted by Gasteiger charge is 2.60. The van der Waals surface area contributed by atoms with Crippen molar-refractivity contribution in [1.29, 1.82) is 0 Å². The Morgan fingerprint density at radius 3 is 2.94 bits per heavy atom. The zero-order valence-corrected chi connectivity index (χ0v) is 11.2. The first kappa shape index (κ1) is 13.6. The number of methoxy groups -OCH3 is 1. The van der Waals surface area contributed by atoms with Gasteiger partial charge in [-0.3, -0.25) is 0 Å². The van der Waals surface area contributed by atoms with Gasteiger partial charge in [0.1, 0.15) is 0 Å². The molecule has 1 heterocycles. The molecule has 0 aromatic rings. The summed E-state index contributed by atoms with van der Waals surface area (Å²) in [5.74, 6) is -0.964. The minimum Gasteiger partial charge on any atom is -0.467 e. The zero-order chi connectivity index (χ0) is 13.2. The second-order valence-electron chi connectivity index (χ2n) is 5.26. The van der Waals surface area contributed by atoms with Crippen molar-refractivity contribution in [2.24, 2.45) is 5.41 Å². The highest BCUT2D eigenvalue weighted by Crippen LogP contribution is 2.58. The maximum Gasteiger partial charge on any atom is 0.334 e. The highest BCUT2D eigenvalue weighted by atomic mass is 16.7. The van der Waals surface area contributed by atoms with Gasteiger partial charge in [-0.1, -0.05) is 6.08 Å². The molecular formula is C14H22O4. The van der Waals surface area contributed by atoms with Crippen molar-refractivity contribution in [2.75, 3.05) is 13.7 Å². The van der Waals surface area contributed by atoms with Crippen LogP contribution in [0.1, 0.15) is 39.0 Å². The predicted molar refractivity (Wildman–Crippen MR) is 67.0 cm³/mol. The van der Waals surface area contributed by atoms with Gasteiger partial charge >= 0.3 is 5.97 Å². The highest BCUT2D eigenvalue weighted by molar-refractivity contribution is 5.74. The number of carbonyl (C=O) groups is 1. The van der Waals surface area contributed by atoms with Crippen LogP contribution < -0.4 is 0 Å². The van der Waals surface area contributed by atoms with Crippen LogP contribution >= 0.6 is 0 Å². The number of esters is 1. The minimum absolute atomic E-state index is 0.00295. The fourth-order valence-corrected chi connectivity index (χ4v) is 3.42. The molecule has 1 saturated heterocycles. The lowest BCUT2D eigenvalue weighted by atomic mass is 9.77. The third kappa shape index (κ3) is 1.97. The van der Waals surface area contributed by atoms with E-state index in [0.717, 1.165) is 32.1 Å². The van der Waals surface area contributed by atoms with Crippen molar-refractivity contribution in [3.63, 3.8) is 0 Å². The van der Waals surface area contributed by atoms with Crippen LogP contribution in [0.2, 0.25) is 0 Å². The van der Waals surface area contributed by atoms with Crippen LogP contribution in [0.5, 0.6) is 0 Å². The van der Waals surface area contributed by atoms with E-state index >= 15 is 0 Å². The van der Waals surface area contributed by atoms with Crippen molar-refractivity contribution < 1.29 is 19.0 Å². The van der Waals surface area contributed by atoms with Gasteiger partial charge in [-0.2, -0.15) is 0 Å². The molecule has 2 aliphatic rings. The Kier molecular flexibility index (Phi) is 3.78. The van der Waals surface area contributed by atoms with Crippen molar-refractivity contribution in [3.05, 3.63) is 12.7 Å². The van der Waals surface area contributed by atoms with Gasteiger partial charge < -0.3 is 14.2 Å². The molecule has 2 rings (SSSR count). The van der Waals surface area contributed by atoms with Gasteiger partial charge in [0.15, 0.2) is 11.9 Å². The summed E-state index contributed by atoms with van der Waals surface area (Å²) in [5.41, 5.74) is -0.00295. The fourth-order valence-electron chi connectivity index (χ4n) is 3.42. The molecule has 1 aliphatic heterocycles. The Morgan fingerprint density at radius 2 is 2.28 bits per heavy atom. The van der Waals surface area contributed by atoms with E-state index < -0.39 is 11.9 Å². The molecule has 18 heavy (non-hydrogen) atoms. The van der Waals surface area contributed by atoms with Crippen molar-refractivity contribution in [3.8, 4) is 0 Å². The molecule has 0 amide bonds. The van der Waals surface area contributed by atoms with E-state index in [9.17, 15) is 4.79 Å². The molecule has 2 unspecified atom stereocenters. The quantitative estimate of drug-likeness (QED) is 0.558. The molecule has 1 saturated carbocycles. The number of hydrogen-bond donors (Lipinski definition) is 0. The normalized spacial score (nSPS) is 36.1. The SMILES string of the molecule is C=CC[C@]12CCCC1(OC(C)C(=O)OC)OCC2. The Morgan fingerprint density at radius 1 is 1.50 bits per heavy atom. The Balaban J connectivity index is 2.17. The number of fused-ring (bicyclic) bond motifs is 1. The fraction of sp³-hybridized carbons (Fsp3) is 0.786. The Labute approximate surface area is 108 Å². The number of rotatable bonds is 5. The molecule has 0 bridgehead atoms. The average Bonchev–Trinajstić information content (AvgIpc) is 2.82. The first-order valence-electron chi connectivity index (χ1n) is 6.60. The monoisotopic (exact) mass is 254 g/mol. The summed E-state index contributed by atoms with van der Waals surface area (Å²) < 4.78 is 16.6. The van der Waals surface area contributed by atoms with Gasteiger partial charge in [0.25, 0.3) is 0 Å². The minimum atomic E-state index is -0.616. The predicted octanol–water partition coefficient (Wildman–Crippen LogP) is 2.43. The van der Waals surface area contributed by atoms with Crippen molar-refractivity contribution in [2.45, 2.75) is 50.9 Å². The number of ether oxygens (including phenoxy) is 3. The number of allylic oxidation sites excluding steroid dienone is 1. The number of hydrogen-bond acceptors (Lipinski definition) is 4. The van der Waals surface area contributed by atoms with Crippen LogP contribution in [-0.2, 0) is 19.0 Å². The van der Waals surface area contributed by atoms with Crippen LogP contribution in [-0.4, -0.2) is 31.6 Å². The second kappa shape index (κ2) is 5.02. The van der Waals surface area contributed by atoms with E-state index in [2.05, 4.69) is 6.58 Å². The van der Waals surface area contributed by atoms with Crippen LogP contribution in [0.3, 0.4) is 0 Å². The largest absolute Gasteiger partial charge is 0.467 e. The van der Waals surface area contributed by atoms with Crippen LogP contribution in [0.25, 0.3) is 0 Å². The summed E-state index contributed by atoms with van der Waals surface area (Å²) in [6.45, 7) is 6.26. The van der Waals surface area contributed by atoms with E-state index in [1.54, 1.807) is 6.92 Å². The zero-order valence-electron chi connectivity index (χ0n) is 11.2. The smallest absolute Gasteiger partial charge is 0.334 e. The molecule has 4 heteroatoms. The Bertz CT molecular complexity index is 327. The molecule has 102 valence electrons. The molecule has 0 N–H and O–H groups in total. The summed E-state index contributed by atoms with van der Waals surface area (Å²) in [5, 5.41) is 0. The van der Waals surface area contributed by atoms with Gasteiger partial charge in [0.05, 0.1) is 13.7 Å². The lowest BCUT2D eigenvalue weighted by molar-refractivity contribution is -0.266. The first-order valence-corrected chi connectivity index (χ1v) is 6.60. The summed E-state index contributed by atoms with van der Waals surface area (Å²) in [6.07, 6.45) is 6.20. The molecule has 3 atom stereocenters. The van der Waals surface area contributed by atoms with E-state index in [1.165, 1.54) is 7.11 Å². The third-order valence-corrected chi connectivity index (χ3v) is 4.32. The van der Waals surface area contributed by atoms with Gasteiger partial charge in [-0.15, -0.1) is 6.58 Å². The van der Waals surface area contributed by atoms with Gasteiger partial charge in [0, 0.05) is 11.8 Å². The van der Waals surface area contributed by atoms with Gasteiger partial charge in [0.2, 0.25) is 0 Å². The van der Waals surface area contributed by atoms with Crippen LogP contribution in [0.15, 0.2) is 12.7 Å². The molecular weight excluding hydrogens is 232 g/mol. The molecule has 0 aromatic heterocycles. The van der Waals surface area contributed by atoms with E-state index in [4.69, 9.17) is 14.2 Å². The first-order chi connectivity index (χ1) is 8.59. The second-order valence-corrected chi connectivity index (χ2v) is 5.26. The molecule has 1 aliphatic carbocycles. The summed E-state index contributed by atoms with van der Waals surface area (Å²) in [4.78, 5) is 11.5. The summed E-state index contributed by atoms with van der Waals surface area (Å²) >= 11 is 0. The molecule has 0 aromatic carbocycles. The van der Waals surface area contributed by atoms with Gasteiger partial charge in [-0.25, -0.2) is 4.79 Å². The van der Waals surface area contributed by atoms with E-state index in [0.29, 0.717) is 6.61 Å². The average molecular weight is 254 g/mol. The Hall–Kier alpha value is -0.870. The molecule has 0 radical (unpaired) electrons. The summed E-state index contributed by atoms with van der Waals surface area (Å²) in [7, 11) is 1.38. The topological polar surface area (TPSA) is 44.8 Å². The molecule has 4 nitrogen and oxygen atoms in total. The molecule has 2 fully saturated rings. The van der Waals surface area contributed by atoms with Crippen LogP contribution in [0, 0.1) is 5.41 Å². The van der Waals surface area contributed by atoms with Crippen LogP contribution in [0.4, 0.5) is 0 Å². The van der Waals surface area contributed by atoms with Crippen molar-refractivity contribution >= 4 is 5.97 Å². The maximum absolute atomic E-state index is 11.5. The lowest BCUT2D eigenvalue weighted by Crippen LogP contribution is -2.46.